The van der Waals surface area contributed by atoms with Gasteiger partial charge in [-0.2, -0.15) is 0 Å². The zero-order chi connectivity index (χ0) is 71.1. The van der Waals surface area contributed by atoms with Gasteiger partial charge in [0.1, 0.15) is 0 Å². The minimum Gasteiger partial charge on any atom is -0.347 e. The number of anilines is 2. The topological polar surface area (TPSA) is 6.48 Å². The van der Waals surface area contributed by atoms with Crippen LogP contribution in [0.25, 0.3) is 21.5 Å². The van der Waals surface area contributed by atoms with E-state index in [0.29, 0.717) is 0 Å². The first-order valence-corrected chi connectivity index (χ1v) is 37.1. The molecule has 0 fully saturated rings. The van der Waals surface area contributed by atoms with Gasteiger partial charge in [0.15, 0.2) is 0 Å². The fourth-order valence-electron chi connectivity index (χ4n) is 18.1. The van der Waals surface area contributed by atoms with Crippen molar-refractivity contribution in [3.05, 3.63) is 478 Å². The maximum atomic E-state index is 5.21. The van der Waals surface area contributed by atoms with E-state index in [2.05, 4.69) is 402 Å². The zero-order valence-electron chi connectivity index (χ0n) is 60.6. The molecule has 0 spiro atoms. The summed E-state index contributed by atoms with van der Waals surface area (Å²) in [4.78, 5) is 4.99. The number of allylic oxidation sites excluding steroid dienone is 10. The van der Waals surface area contributed by atoms with Gasteiger partial charge in [0.25, 0.3) is 0 Å². The Labute approximate surface area is 617 Å². The Morgan fingerprint density at radius 1 is 0.308 bits per heavy atom. The summed E-state index contributed by atoms with van der Waals surface area (Å²) in [7, 11) is 4.57. The second kappa shape index (κ2) is 29.8. The molecule has 0 amide bonds. The molecule has 0 saturated heterocycles. The van der Waals surface area contributed by atoms with Crippen LogP contribution in [-0.4, -0.2) is 14.1 Å². The first-order chi connectivity index (χ1) is 50.9. The van der Waals surface area contributed by atoms with E-state index in [-0.39, 0.29) is 10.8 Å². The van der Waals surface area contributed by atoms with Crippen LogP contribution in [0.15, 0.2) is 400 Å². The van der Waals surface area contributed by atoms with Gasteiger partial charge in [0.2, 0.25) is 0 Å². The Kier molecular flexibility index (Phi) is 19.5. The van der Waals surface area contributed by atoms with Gasteiger partial charge in [0.05, 0.1) is 11.4 Å². The van der Waals surface area contributed by atoms with Crippen LogP contribution in [-0.2, 0) is 73.0 Å². The normalized spacial score (nSPS) is 15.7. The lowest BCUT2D eigenvalue weighted by atomic mass is 9.65. The highest BCUT2D eigenvalue weighted by Gasteiger charge is 2.49. The number of benzene rings is 13. The largest absolute Gasteiger partial charge is 0.347 e. The Bertz CT molecular complexity index is 4920. The third-order valence-electron chi connectivity index (χ3n) is 23.0. The van der Waals surface area contributed by atoms with Crippen molar-refractivity contribution in [2.75, 3.05) is 23.9 Å². The number of hydrogen-bond donors (Lipinski definition) is 0. The second-order valence-corrected chi connectivity index (χ2v) is 29.5. The number of likely N-dealkylation sites (N-methyl/N-ethyl adjacent to an activating group) is 2. The summed E-state index contributed by atoms with van der Waals surface area (Å²) in [5.74, 6) is 0. The molecule has 0 N–H and O–H groups in total. The van der Waals surface area contributed by atoms with Crippen LogP contribution in [0.2, 0.25) is 0 Å². The molecule has 2 aliphatic rings. The standard InChI is InChI=1S/C102H92N2/c1-75-35-25-31-55-91(75)99(67-79-39-13-7-14-40-79,77(3)37-33-57-95-101(71-81-43-17-9-18-44-81,72-82-45-19-10-20-46-82)93-65-63-87-51-27-29-53-89(87)97(93)103(95)5)69-85-59-61-86(62-60-85)70-100(68-80-41-15-8-16-42-80,92-56-32-26-36-76(92)2)78(4)38-34-58-96-102(73-83-47-21-11-22-48-83,74-84-49-23-12-24-50-84)94-66-64-88-52-28-30-54-90(88)98(94)104(96)6/h7-66H,3-4,67-74H2,1-2,5-6H3/b37-33+,38-34+,95-57+,96-58+. The summed E-state index contributed by atoms with van der Waals surface area (Å²) >= 11 is 0. The molecular weight excluding hydrogens is 1250 g/mol. The summed E-state index contributed by atoms with van der Waals surface area (Å²) in [5, 5.41) is 5.02. The summed E-state index contributed by atoms with van der Waals surface area (Å²) in [6, 6.07) is 121. The van der Waals surface area contributed by atoms with Crippen molar-refractivity contribution in [3.63, 3.8) is 0 Å². The predicted molar refractivity (Wildman–Crippen MR) is 441 cm³/mol. The first kappa shape index (κ1) is 68.2. The zero-order valence-corrected chi connectivity index (χ0v) is 60.6. The first-order valence-electron chi connectivity index (χ1n) is 37.1. The van der Waals surface area contributed by atoms with Gasteiger partial charge < -0.3 is 9.80 Å². The van der Waals surface area contributed by atoms with Gasteiger partial charge in [0, 0.05) is 57.9 Å². The van der Waals surface area contributed by atoms with Gasteiger partial charge >= 0.3 is 0 Å². The van der Waals surface area contributed by atoms with Crippen molar-refractivity contribution < 1.29 is 0 Å². The molecule has 0 saturated carbocycles. The van der Waals surface area contributed by atoms with Crippen molar-refractivity contribution >= 4 is 32.9 Å². The fraction of sp³-hybridized carbons (Fsp3) is 0.157. The molecule has 0 bridgehead atoms. The van der Waals surface area contributed by atoms with Gasteiger partial charge in [-0.25, -0.2) is 0 Å². The third kappa shape index (κ3) is 13.4. The van der Waals surface area contributed by atoms with Gasteiger partial charge in [-0.3, -0.25) is 0 Å². The quantitative estimate of drug-likeness (QED) is 0.0557. The second-order valence-electron chi connectivity index (χ2n) is 29.5. The number of fused-ring (bicyclic) bond motifs is 6. The lowest BCUT2D eigenvalue weighted by molar-refractivity contribution is 0.500. The van der Waals surface area contributed by atoms with Crippen molar-refractivity contribution in [1.82, 2.24) is 0 Å². The Morgan fingerprint density at radius 3 is 0.894 bits per heavy atom. The van der Waals surface area contributed by atoms with E-state index in [1.807, 2.05) is 0 Å². The van der Waals surface area contributed by atoms with E-state index in [0.717, 1.165) is 62.5 Å². The number of aryl methyl sites for hydroxylation is 2. The van der Waals surface area contributed by atoms with Crippen molar-refractivity contribution in [3.8, 4) is 0 Å². The summed E-state index contributed by atoms with van der Waals surface area (Å²) in [6.07, 6.45) is 20.5. The molecule has 0 radical (unpaired) electrons. The van der Waals surface area contributed by atoms with Crippen LogP contribution in [0.1, 0.15) is 77.9 Å². The van der Waals surface area contributed by atoms with Gasteiger partial charge in [-0.15, -0.1) is 0 Å². The monoisotopic (exact) mass is 1340 g/mol. The van der Waals surface area contributed by atoms with Crippen LogP contribution in [0, 0.1) is 13.8 Å². The number of hydrogen-bond acceptors (Lipinski definition) is 2. The van der Waals surface area contributed by atoms with Crippen LogP contribution < -0.4 is 9.80 Å². The van der Waals surface area contributed by atoms with Crippen molar-refractivity contribution in [1.29, 1.82) is 0 Å². The molecule has 510 valence electrons. The van der Waals surface area contributed by atoms with Crippen LogP contribution in [0.4, 0.5) is 11.4 Å². The number of nitrogens with zero attached hydrogens (tertiary/aromatic N) is 2. The molecule has 13 aromatic carbocycles. The lowest BCUT2D eigenvalue weighted by Gasteiger charge is -2.38. The van der Waals surface area contributed by atoms with E-state index in [4.69, 9.17) is 13.2 Å². The predicted octanol–water partition coefficient (Wildman–Crippen LogP) is 23.8. The molecule has 2 unspecified atom stereocenters. The molecule has 15 rings (SSSR count). The van der Waals surface area contributed by atoms with Crippen LogP contribution in [0.3, 0.4) is 0 Å². The molecule has 13 aromatic rings. The highest BCUT2D eigenvalue weighted by molar-refractivity contribution is 6.01. The van der Waals surface area contributed by atoms with Crippen LogP contribution in [0.5, 0.6) is 0 Å². The molecule has 2 heteroatoms. The third-order valence-corrected chi connectivity index (χ3v) is 23.0. The van der Waals surface area contributed by atoms with E-state index in [1.54, 1.807) is 0 Å². The minimum absolute atomic E-state index is 0.381. The Morgan fingerprint density at radius 2 is 0.577 bits per heavy atom. The summed E-state index contributed by atoms with van der Waals surface area (Å²) in [6.45, 7) is 15.0. The highest BCUT2D eigenvalue weighted by Crippen LogP contribution is 2.56. The molecular formula is C102H92N2. The smallest absolute Gasteiger partial charge is 0.0528 e. The molecule has 0 aromatic heterocycles. The maximum Gasteiger partial charge on any atom is 0.0528 e. The van der Waals surface area contributed by atoms with Crippen molar-refractivity contribution in [2.24, 2.45) is 0 Å². The van der Waals surface area contributed by atoms with E-state index < -0.39 is 10.8 Å². The molecule has 2 nitrogen and oxygen atoms in total. The van der Waals surface area contributed by atoms with E-state index in [9.17, 15) is 0 Å². The van der Waals surface area contributed by atoms with E-state index in [1.165, 1.54) is 122 Å². The summed E-state index contributed by atoms with van der Waals surface area (Å²) in [5.41, 5.74) is 23.4. The Hall–Kier alpha value is -11.6. The highest BCUT2D eigenvalue weighted by atomic mass is 15.2. The van der Waals surface area contributed by atoms with Crippen molar-refractivity contribution in [2.45, 2.75) is 86.9 Å². The van der Waals surface area contributed by atoms with E-state index >= 15 is 0 Å². The SMILES string of the molecule is C=C(/C=C/C=C1/N(C)c2c(ccc3ccccc23)C1(Cc1ccccc1)Cc1ccccc1)C(Cc1ccccc1)(Cc1ccc(CC(Cc2ccccc2)(C(=C)/C=C/C=C2/N(C)c3c(ccc4ccccc34)C2(Cc2ccccc2)Cc2ccccc2)c2ccccc2C)cc1)c1ccccc1C. The lowest BCUT2D eigenvalue weighted by Crippen LogP contribution is -2.35. The average Bonchev–Trinajstić information content (AvgIpc) is 1.56. The maximum absolute atomic E-state index is 5.21. The van der Waals surface area contributed by atoms with Gasteiger partial charge in [-0.1, -0.05) is 365 Å². The van der Waals surface area contributed by atoms with Gasteiger partial charge in [-0.05, 0) is 177 Å². The number of rotatable bonds is 24. The summed E-state index contributed by atoms with van der Waals surface area (Å²) < 4.78 is 0. The van der Waals surface area contributed by atoms with Crippen LogP contribution >= 0.6 is 0 Å². The molecule has 2 aliphatic heterocycles. The minimum atomic E-state index is -0.539. The Balaban J connectivity index is 0.822. The molecule has 2 heterocycles. The molecule has 0 aliphatic carbocycles. The molecule has 104 heavy (non-hydrogen) atoms. The fourth-order valence-corrected chi connectivity index (χ4v) is 18.1. The molecule has 2 atom stereocenters. The average molecular weight is 1350 g/mol.